The zero-order valence-electron chi connectivity index (χ0n) is 17.4. The molecule has 0 saturated heterocycles. The van der Waals surface area contributed by atoms with E-state index >= 15 is 0 Å². The number of ketones is 1. The molecule has 2 heterocycles. The summed E-state index contributed by atoms with van der Waals surface area (Å²) in [5.74, 6) is 1.30. The van der Waals surface area contributed by atoms with Gasteiger partial charge in [-0.15, -0.1) is 0 Å². The Morgan fingerprint density at radius 2 is 1.73 bits per heavy atom. The molecule has 0 aliphatic rings. The molecule has 30 heavy (non-hydrogen) atoms. The highest BCUT2D eigenvalue weighted by Crippen LogP contribution is 2.26. The topological polar surface area (TPSA) is 92.8 Å². The summed E-state index contributed by atoms with van der Waals surface area (Å²) in [6.07, 6.45) is 0. The molecule has 0 aliphatic heterocycles. The number of hydrogen-bond acceptors (Lipinski definition) is 7. The molecule has 8 heteroatoms. The van der Waals surface area contributed by atoms with Crippen molar-refractivity contribution in [3.8, 4) is 17.3 Å². The Bertz CT molecular complexity index is 1050. The molecule has 0 radical (unpaired) electrons. The minimum absolute atomic E-state index is 0.308. The van der Waals surface area contributed by atoms with Gasteiger partial charge in [-0.25, -0.2) is 4.79 Å². The number of aryl methyl sites for hydroxylation is 2. The molecule has 0 atom stereocenters. The number of aromatic nitrogens is 2. The van der Waals surface area contributed by atoms with Gasteiger partial charge in [0.1, 0.15) is 5.76 Å². The van der Waals surface area contributed by atoms with Crippen molar-refractivity contribution in [2.45, 2.75) is 27.7 Å². The Morgan fingerprint density at radius 3 is 2.37 bits per heavy atom. The quantitative estimate of drug-likeness (QED) is 0.392. The summed E-state index contributed by atoms with van der Waals surface area (Å²) >= 11 is 0. The second-order valence-corrected chi connectivity index (χ2v) is 6.67. The van der Waals surface area contributed by atoms with E-state index in [0.29, 0.717) is 40.9 Å². The first-order valence-corrected chi connectivity index (χ1v) is 9.56. The van der Waals surface area contributed by atoms with Crippen molar-refractivity contribution in [2.75, 3.05) is 19.8 Å². The van der Waals surface area contributed by atoms with Crippen LogP contribution in [-0.4, -0.2) is 41.3 Å². The van der Waals surface area contributed by atoms with E-state index in [2.05, 4.69) is 5.16 Å². The smallest absolute Gasteiger partial charge is 0.344 e. The Hall–Kier alpha value is -3.55. The van der Waals surface area contributed by atoms with Gasteiger partial charge < -0.3 is 18.7 Å². The van der Waals surface area contributed by atoms with Crippen molar-refractivity contribution in [1.82, 2.24) is 9.72 Å². The zero-order chi connectivity index (χ0) is 21.7. The van der Waals surface area contributed by atoms with Gasteiger partial charge in [0.15, 0.2) is 30.5 Å². The molecule has 0 unspecified atom stereocenters. The first-order chi connectivity index (χ1) is 14.4. The Kier molecular flexibility index (Phi) is 6.56. The second-order valence-electron chi connectivity index (χ2n) is 6.67. The minimum Gasteiger partial charge on any atom is -0.490 e. The lowest BCUT2D eigenvalue weighted by molar-refractivity contribution is -0.144. The van der Waals surface area contributed by atoms with Gasteiger partial charge in [0.05, 0.1) is 6.61 Å². The Morgan fingerprint density at radius 1 is 1.03 bits per heavy atom. The number of nitrogens with zero attached hydrogens (tertiary/aromatic N) is 2. The molecule has 0 saturated carbocycles. The van der Waals surface area contributed by atoms with Crippen molar-refractivity contribution in [1.29, 1.82) is 0 Å². The minimum atomic E-state index is -0.643. The molecule has 8 nitrogen and oxygen atoms in total. The van der Waals surface area contributed by atoms with E-state index in [0.717, 1.165) is 5.69 Å². The normalized spacial score (nSPS) is 10.7. The van der Waals surface area contributed by atoms with Crippen LogP contribution in [0.4, 0.5) is 0 Å². The fourth-order valence-corrected chi connectivity index (χ4v) is 3.10. The van der Waals surface area contributed by atoms with Gasteiger partial charge >= 0.3 is 5.97 Å². The van der Waals surface area contributed by atoms with E-state index in [4.69, 9.17) is 18.7 Å². The summed E-state index contributed by atoms with van der Waals surface area (Å²) in [7, 11) is 0. The number of rotatable bonds is 9. The van der Waals surface area contributed by atoms with E-state index in [1.165, 1.54) is 0 Å². The number of esters is 1. The summed E-state index contributed by atoms with van der Waals surface area (Å²) in [5.41, 5.74) is 1.98. The third kappa shape index (κ3) is 4.71. The van der Waals surface area contributed by atoms with Crippen molar-refractivity contribution in [3.63, 3.8) is 0 Å². The maximum absolute atomic E-state index is 12.6. The zero-order valence-corrected chi connectivity index (χ0v) is 17.4. The maximum atomic E-state index is 12.6. The average Bonchev–Trinajstić information content (AvgIpc) is 3.27. The van der Waals surface area contributed by atoms with Gasteiger partial charge in [0.2, 0.25) is 5.78 Å². The highest BCUT2D eigenvalue weighted by atomic mass is 16.6. The van der Waals surface area contributed by atoms with Gasteiger partial charge in [-0.2, -0.15) is 0 Å². The Balaban J connectivity index is 1.59. The largest absolute Gasteiger partial charge is 0.490 e. The summed E-state index contributed by atoms with van der Waals surface area (Å²) in [6, 6.07) is 10.6. The molecule has 0 fully saturated rings. The first kappa shape index (κ1) is 21.2. The molecule has 0 N–H and O–H groups in total. The number of para-hydroxylation sites is 2. The third-order valence-electron chi connectivity index (χ3n) is 4.43. The molecule has 1 aromatic carbocycles. The van der Waals surface area contributed by atoms with E-state index in [-0.39, 0.29) is 19.0 Å². The summed E-state index contributed by atoms with van der Waals surface area (Å²) < 4.78 is 22.9. The molecule has 0 amide bonds. The first-order valence-electron chi connectivity index (χ1n) is 9.56. The molecule has 0 aliphatic carbocycles. The van der Waals surface area contributed by atoms with Crippen LogP contribution in [0.3, 0.4) is 0 Å². The van der Waals surface area contributed by atoms with Crippen LogP contribution in [0.15, 0.2) is 40.9 Å². The molecule has 3 rings (SSSR count). The van der Waals surface area contributed by atoms with Crippen LogP contribution in [0.2, 0.25) is 0 Å². The van der Waals surface area contributed by atoms with Crippen LogP contribution in [0, 0.1) is 20.8 Å². The lowest BCUT2D eigenvalue weighted by Gasteiger charge is -2.11. The molecule has 0 bridgehead atoms. The molecule has 3 aromatic rings. The second kappa shape index (κ2) is 9.30. The van der Waals surface area contributed by atoms with Crippen molar-refractivity contribution >= 4 is 11.8 Å². The molecule has 2 aromatic heterocycles. The molecule has 0 spiro atoms. The van der Waals surface area contributed by atoms with Crippen LogP contribution in [0.5, 0.6) is 11.5 Å². The lowest BCUT2D eigenvalue weighted by Crippen LogP contribution is -2.20. The number of carbonyl (C=O) groups is 2. The van der Waals surface area contributed by atoms with Crippen LogP contribution in [0.1, 0.15) is 34.4 Å². The van der Waals surface area contributed by atoms with E-state index in [1.54, 1.807) is 44.2 Å². The van der Waals surface area contributed by atoms with Crippen LogP contribution < -0.4 is 9.47 Å². The summed E-state index contributed by atoms with van der Waals surface area (Å²) in [5, 5.41) is 3.99. The number of hydrogen-bond donors (Lipinski definition) is 0. The molecule has 158 valence electrons. The van der Waals surface area contributed by atoms with Crippen LogP contribution in [0.25, 0.3) is 5.82 Å². The van der Waals surface area contributed by atoms with Crippen molar-refractivity contribution < 1.29 is 28.3 Å². The van der Waals surface area contributed by atoms with E-state index in [1.807, 2.05) is 24.5 Å². The van der Waals surface area contributed by atoms with E-state index < -0.39 is 5.97 Å². The van der Waals surface area contributed by atoms with Gasteiger partial charge in [-0.1, -0.05) is 17.3 Å². The predicted octanol–water partition coefficient (Wildman–Crippen LogP) is 3.59. The number of ether oxygens (including phenoxy) is 3. The van der Waals surface area contributed by atoms with Crippen LogP contribution >= 0.6 is 0 Å². The number of carbonyl (C=O) groups excluding carboxylic acids is 2. The predicted molar refractivity (Wildman–Crippen MR) is 108 cm³/mol. The van der Waals surface area contributed by atoms with Gasteiger partial charge in [-0.3, -0.25) is 9.36 Å². The third-order valence-corrected chi connectivity index (χ3v) is 4.43. The Labute approximate surface area is 174 Å². The highest BCUT2D eigenvalue weighted by molar-refractivity contribution is 5.99. The molecular formula is C22H24N2O6. The average molecular weight is 412 g/mol. The van der Waals surface area contributed by atoms with Gasteiger partial charge in [0, 0.05) is 23.0 Å². The van der Waals surface area contributed by atoms with Gasteiger partial charge in [-0.05, 0) is 45.9 Å². The van der Waals surface area contributed by atoms with Crippen molar-refractivity contribution in [2.24, 2.45) is 0 Å². The highest BCUT2D eigenvalue weighted by Gasteiger charge is 2.20. The summed E-state index contributed by atoms with van der Waals surface area (Å²) in [6.45, 7) is 7.10. The van der Waals surface area contributed by atoms with Crippen LogP contribution in [-0.2, 0) is 9.53 Å². The summed E-state index contributed by atoms with van der Waals surface area (Å²) in [4.78, 5) is 24.6. The monoisotopic (exact) mass is 412 g/mol. The number of Topliss-reactive ketones (excluding diaryl/α,β-unsaturated/α-hetero) is 1. The van der Waals surface area contributed by atoms with Crippen molar-refractivity contribution in [3.05, 3.63) is 59.1 Å². The van der Waals surface area contributed by atoms with Gasteiger partial charge in [0.25, 0.3) is 0 Å². The lowest BCUT2D eigenvalue weighted by atomic mass is 10.1. The molecular weight excluding hydrogens is 388 g/mol. The maximum Gasteiger partial charge on any atom is 0.344 e. The fraction of sp³-hybridized carbons (Fsp3) is 0.318. The van der Waals surface area contributed by atoms with E-state index in [9.17, 15) is 9.59 Å². The standard InChI is InChI=1S/C22H24N2O6/c1-5-27-19-8-6-7-9-20(19)28-13-22(26)29-12-18(25)17-10-14(2)24(16(17)4)21-11-15(3)30-23-21/h6-11H,5,12-13H2,1-4H3. The fourth-order valence-electron chi connectivity index (χ4n) is 3.10. The SMILES string of the molecule is CCOc1ccccc1OCC(=O)OCC(=O)c1cc(C)n(-c2cc(C)on2)c1C. The number of benzene rings is 1.